The third-order valence-corrected chi connectivity index (χ3v) is 5.86. The van der Waals surface area contributed by atoms with Crippen LogP contribution in [0.4, 0.5) is 11.4 Å². The van der Waals surface area contributed by atoms with Crippen molar-refractivity contribution >= 4 is 22.4 Å². The molecule has 3 aliphatic rings. The normalized spacial score (nSPS) is 14.2. The number of pyridine rings is 1. The second-order valence-corrected chi connectivity index (χ2v) is 8.25. The van der Waals surface area contributed by atoms with Crippen LogP contribution in [-0.4, -0.2) is 20.6 Å². The molecule has 5 heteroatoms. The molecule has 2 aromatic carbocycles. The molecule has 5 nitrogen and oxygen atoms in total. The molecule has 2 aliphatic carbocycles. The molecule has 0 saturated heterocycles. The third kappa shape index (κ3) is 3.42. The van der Waals surface area contributed by atoms with Crippen molar-refractivity contribution in [1.29, 1.82) is 0 Å². The second kappa shape index (κ2) is 7.61. The van der Waals surface area contributed by atoms with Gasteiger partial charge in [0.05, 0.1) is 50.9 Å². The van der Waals surface area contributed by atoms with Crippen molar-refractivity contribution in [3.05, 3.63) is 96.1 Å². The van der Waals surface area contributed by atoms with Crippen molar-refractivity contribution in [3.63, 3.8) is 0 Å². The molecule has 0 spiro atoms. The summed E-state index contributed by atoms with van der Waals surface area (Å²) >= 11 is 0. The molecule has 3 aromatic rings. The number of benzene rings is 3. The molecule has 1 aromatic heterocycles. The van der Waals surface area contributed by atoms with Crippen LogP contribution >= 0.6 is 0 Å². The first-order valence-corrected chi connectivity index (χ1v) is 11.0. The summed E-state index contributed by atoms with van der Waals surface area (Å²) in [6.07, 6.45) is 4.11. The average molecular weight is 418 g/mol. The van der Waals surface area contributed by atoms with Gasteiger partial charge in [-0.05, 0) is 68.3 Å². The van der Waals surface area contributed by atoms with Gasteiger partial charge >= 0.3 is 0 Å². The van der Waals surface area contributed by atoms with E-state index in [4.69, 9.17) is 9.98 Å². The summed E-state index contributed by atoms with van der Waals surface area (Å²) in [5, 5.41) is 4.53. The van der Waals surface area contributed by atoms with Gasteiger partial charge in [-0.1, -0.05) is 30.3 Å². The highest BCUT2D eigenvalue weighted by atomic mass is 15.0. The van der Waals surface area contributed by atoms with E-state index in [0.29, 0.717) is 6.04 Å². The minimum Gasteiger partial charge on any atom is -0.352 e. The molecular formula is C27H23N5. The molecular weight excluding hydrogens is 394 g/mol. The zero-order chi connectivity index (χ0) is 21.5. The fraction of sp³-hybridized carbons (Fsp3) is 0.148. The van der Waals surface area contributed by atoms with Gasteiger partial charge in [-0.15, -0.1) is 0 Å². The van der Waals surface area contributed by atoms with E-state index in [0.717, 1.165) is 63.4 Å². The molecule has 0 radical (unpaired) electrons. The van der Waals surface area contributed by atoms with E-state index < -0.39 is 0 Å². The van der Waals surface area contributed by atoms with Crippen molar-refractivity contribution in [2.24, 2.45) is 4.99 Å². The predicted octanol–water partition coefficient (Wildman–Crippen LogP) is 5.64. The van der Waals surface area contributed by atoms with Gasteiger partial charge in [0.15, 0.2) is 0 Å². The molecule has 0 atom stereocenters. The zero-order valence-electron chi connectivity index (χ0n) is 17.9. The minimum absolute atomic E-state index is 0.404. The van der Waals surface area contributed by atoms with Gasteiger partial charge in [0.2, 0.25) is 0 Å². The number of para-hydroxylation sites is 3. The lowest BCUT2D eigenvalue weighted by atomic mass is 10.1. The predicted molar refractivity (Wildman–Crippen MR) is 129 cm³/mol. The summed E-state index contributed by atoms with van der Waals surface area (Å²) in [4.78, 5) is 14.5. The highest BCUT2D eigenvalue weighted by molar-refractivity contribution is 5.84. The Hall–Kier alpha value is -3.99. The van der Waals surface area contributed by atoms with Crippen LogP contribution in [0.2, 0.25) is 0 Å². The topological polar surface area (TPSA) is 55.1 Å². The number of rotatable bonds is 4. The molecule has 6 rings (SSSR count). The summed E-state index contributed by atoms with van der Waals surface area (Å²) < 4.78 is 2.28. The molecule has 1 aliphatic heterocycles. The van der Waals surface area contributed by atoms with Crippen molar-refractivity contribution in [1.82, 2.24) is 14.5 Å². The molecule has 156 valence electrons. The molecule has 1 saturated carbocycles. The molecule has 32 heavy (non-hydrogen) atoms. The van der Waals surface area contributed by atoms with Crippen LogP contribution in [0.3, 0.4) is 0 Å². The van der Waals surface area contributed by atoms with Crippen LogP contribution in [0.25, 0.3) is 28.1 Å². The van der Waals surface area contributed by atoms with Crippen LogP contribution in [0.1, 0.15) is 18.5 Å². The third-order valence-electron chi connectivity index (χ3n) is 5.86. The SMILES string of the molecule is Cc1ncccc1Nc1cc2nc3ccccc3n(-c3ccccc3)c-2cc1=NC1CC1. The number of aryl methyl sites for hydroxylation is 1. The van der Waals surface area contributed by atoms with Gasteiger partial charge in [-0.3, -0.25) is 9.98 Å². The standard InChI is InChI=1S/C27H23N5/c1-18-21(11-7-15-28-18)30-23-16-25-27(17-24(23)29-19-13-14-19)32(20-8-3-2-4-9-20)26-12-6-5-10-22(26)31-25/h2-12,15-17,19,30H,13-14H2,1H3. The Morgan fingerprint density at radius 2 is 1.72 bits per heavy atom. The van der Waals surface area contributed by atoms with Crippen LogP contribution < -0.4 is 10.7 Å². The molecule has 0 unspecified atom stereocenters. The fourth-order valence-electron chi connectivity index (χ4n) is 4.07. The van der Waals surface area contributed by atoms with E-state index in [1.807, 2.05) is 37.4 Å². The molecule has 2 heterocycles. The van der Waals surface area contributed by atoms with E-state index in [1.165, 1.54) is 0 Å². The second-order valence-electron chi connectivity index (χ2n) is 8.25. The fourth-order valence-corrected chi connectivity index (χ4v) is 4.07. The quantitative estimate of drug-likeness (QED) is 0.385. The van der Waals surface area contributed by atoms with Crippen molar-refractivity contribution in [2.75, 3.05) is 5.32 Å². The summed E-state index contributed by atoms with van der Waals surface area (Å²) in [6, 6.07) is 27.4. The van der Waals surface area contributed by atoms with E-state index in [-0.39, 0.29) is 0 Å². The summed E-state index contributed by atoms with van der Waals surface area (Å²) in [5.41, 5.74) is 8.01. The number of hydrogen-bond donors (Lipinski definition) is 1. The van der Waals surface area contributed by atoms with Crippen LogP contribution in [0.5, 0.6) is 0 Å². The number of fused-ring (bicyclic) bond motifs is 2. The molecule has 0 amide bonds. The van der Waals surface area contributed by atoms with Gasteiger partial charge in [0.25, 0.3) is 0 Å². The Morgan fingerprint density at radius 3 is 2.53 bits per heavy atom. The van der Waals surface area contributed by atoms with Crippen molar-refractivity contribution < 1.29 is 0 Å². The Morgan fingerprint density at radius 1 is 0.906 bits per heavy atom. The van der Waals surface area contributed by atoms with Gasteiger partial charge in [-0.25, -0.2) is 4.98 Å². The van der Waals surface area contributed by atoms with Crippen LogP contribution in [0, 0.1) is 6.92 Å². The van der Waals surface area contributed by atoms with Crippen LogP contribution in [-0.2, 0) is 0 Å². The first-order chi connectivity index (χ1) is 15.8. The maximum Gasteiger partial charge on any atom is 0.0900 e. The lowest BCUT2D eigenvalue weighted by molar-refractivity contribution is 0.997. The number of anilines is 2. The molecule has 1 fully saturated rings. The number of aromatic nitrogens is 3. The van der Waals surface area contributed by atoms with Crippen molar-refractivity contribution in [2.45, 2.75) is 25.8 Å². The van der Waals surface area contributed by atoms with E-state index in [2.05, 4.69) is 69.5 Å². The van der Waals surface area contributed by atoms with Gasteiger partial charge < -0.3 is 9.88 Å². The van der Waals surface area contributed by atoms with E-state index in [9.17, 15) is 0 Å². The van der Waals surface area contributed by atoms with Gasteiger partial charge in [0.1, 0.15) is 0 Å². The van der Waals surface area contributed by atoms with E-state index >= 15 is 0 Å². The van der Waals surface area contributed by atoms with E-state index in [1.54, 1.807) is 0 Å². The summed E-state index contributed by atoms with van der Waals surface area (Å²) in [5.74, 6) is 0. The minimum atomic E-state index is 0.404. The monoisotopic (exact) mass is 417 g/mol. The van der Waals surface area contributed by atoms with Gasteiger partial charge in [-0.2, -0.15) is 0 Å². The average Bonchev–Trinajstić information content (AvgIpc) is 3.64. The highest BCUT2D eigenvalue weighted by Gasteiger charge is 2.22. The summed E-state index contributed by atoms with van der Waals surface area (Å²) in [7, 11) is 0. The Balaban J connectivity index is 1.65. The largest absolute Gasteiger partial charge is 0.352 e. The lowest BCUT2D eigenvalue weighted by Crippen LogP contribution is -2.16. The Kier molecular flexibility index (Phi) is 4.46. The lowest BCUT2D eigenvalue weighted by Gasteiger charge is -2.20. The van der Waals surface area contributed by atoms with Crippen molar-refractivity contribution in [3.8, 4) is 17.1 Å². The number of hydrogen-bond acceptors (Lipinski definition) is 4. The first kappa shape index (κ1) is 18.8. The maximum atomic E-state index is 5.04. The summed E-state index contributed by atoms with van der Waals surface area (Å²) in [6.45, 7) is 2.01. The van der Waals surface area contributed by atoms with Gasteiger partial charge in [0, 0.05) is 11.9 Å². The highest BCUT2D eigenvalue weighted by Crippen LogP contribution is 2.31. The maximum absolute atomic E-state index is 5.04. The number of nitrogens with zero attached hydrogens (tertiary/aromatic N) is 4. The Bertz CT molecular complexity index is 1470. The van der Waals surface area contributed by atoms with Crippen LogP contribution in [0.15, 0.2) is 90.1 Å². The number of nitrogens with one attached hydrogen (secondary N) is 1. The zero-order valence-corrected chi connectivity index (χ0v) is 17.9. The first-order valence-electron chi connectivity index (χ1n) is 11.0. The molecule has 0 bridgehead atoms. The molecule has 1 N–H and O–H groups in total. The smallest absolute Gasteiger partial charge is 0.0900 e. The Labute approximate surface area is 186 Å².